The van der Waals surface area contributed by atoms with Crippen molar-refractivity contribution in [3.05, 3.63) is 56.0 Å². The summed E-state index contributed by atoms with van der Waals surface area (Å²) in [5.41, 5.74) is 2.85. The molecule has 0 saturated carbocycles. The van der Waals surface area contributed by atoms with Gasteiger partial charge in [-0.2, -0.15) is 0 Å². The Labute approximate surface area is 191 Å². The highest BCUT2D eigenvalue weighted by Crippen LogP contribution is 2.35. The quantitative estimate of drug-likeness (QED) is 0.456. The van der Waals surface area contributed by atoms with Gasteiger partial charge in [-0.1, -0.05) is 19.9 Å². The van der Waals surface area contributed by atoms with Crippen molar-refractivity contribution in [1.29, 1.82) is 0 Å². The van der Waals surface area contributed by atoms with Crippen LogP contribution in [0.25, 0.3) is 0 Å². The first-order valence-corrected chi connectivity index (χ1v) is 10.7. The van der Waals surface area contributed by atoms with E-state index in [9.17, 15) is 14.4 Å². The van der Waals surface area contributed by atoms with Gasteiger partial charge in [-0.3, -0.25) is 14.4 Å². The smallest absolute Gasteiger partial charge is 0.322 e. The molecule has 2 amide bonds. The summed E-state index contributed by atoms with van der Waals surface area (Å²) in [5, 5.41) is 13.9. The molecule has 0 unspecified atom stereocenters. The van der Waals surface area contributed by atoms with E-state index in [4.69, 9.17) is 9.84 Å². The molecule has 0 fully saturated rings. The van der Waals surface area contributed by atoms with Crippen LogP contribution in [0.15, 0.2) is 39.3 Å². The number of aryl methyl sites for hydroxylation is 1. The van der Waals surface area contributed by atoms with Crippen LogP contribution in [0, 0.1) is 12.8 Å². The van der Waals surface area contributed by atoms with Gasteiger partial charge in [0.25, 0.3) is 5.91 Å². The van der Waals surface area contributed by atoms with Crippen LogP contribution in [0.3, 0.4) is 0 Å². The summed E-state index contributed by atoms with van der Waals surface area (Å²) in [7, 11) is 0. The normalized spacial score (nSPS) is 10.6. The Morgan fingerprint density at radius 2 is 1.70 bits per heavy atom. The van der Waals surface area contributed by atoms with E-state index >= 15 is 0 Å². The van der Waals surface area contributed by atoms with Gasteiger partial charge in [0.1, 0.15) is 18.9 Å². The largest absolute Gasteiger partial charge is 0.487 e. The number of amides is 2. The van der Waals surface area contributed by atoms with Crippen molar-refractivity contribution in [2.45, 2.75) is 27.4 Å². The number of nitrogens with one attached hydrogen (secondary N) is 2. The Kier molecular flexibility index (Phi) is 8.43. The molecule has 2 aromatic rings. The topological polar surface area (TPSA) is 105 Å². The summed E-state index contributed by atoms with van der Waals surface area (Å²) < 4.78 is 7.00. The predicted molar refractivity (Wildman–Crippen MR) is 121 cm³/mol. The molecule has 0 atom stereocenters. The van der Waals surface area contributed by atoms with Crippen LogP contribution >= 0.6 is 31.9 Å². The zero-order valence-corrected chi connectivity index (χ0v) is 19.9. The van der Waals surface area contributed by atoms with Gasteiger partial charge in [-0.25, -0.2) is 0 Å². The van der Waals surface area contributed by atoms with E-state index in [2.05, 4.69) is 42.5 Å². The SMILES string of the molecule is Cc1cc(COc2c(Br)cc(C(=O)NCC(=O)O)cc2Br)cc(NC(=O)C(C)C)c1. The van der Waals surface area contributed by atoms with Crippen LogP contribution in [0.2, 0.25) is 0 Å². The van der Waals surface area contributed by atoms with Gasteiger partial charge in [-0.15, -0.1) is 0 Å². The third kappa shape index (κ3) is 6.84. The summed E-state index contributed by atoms with van der Waals surface area (Å²) in [6.07, 6.45) is 0. The molecular weight excluding hydrogens is 520 g/mol. The van der Waals surface area contributed by atoms with Crippen molar-refractivity contribution in [2.24, 2.45) is 5.92 Å². The number of ether oxygens (including phenoxy) is 1. The van der Waals surface area contributed by atoms with Crippen LogP contribution in [-0.2, 0) is 16.2 Å². The Morgan fingerprint density at radius 3 is 2.27 bits per heavy atom. The van der Waals surface area contributed by atoms with Crippen LogP contribution in [-0.4, -0.2) is 29.4 Å². The summed E-state index contributed by atoms with van der Waals surface area (Å²) >= 11 is 6.78. The van der Waals surface area contributed by atoms with E-state index in [0.717, 1.165) is 11.1 Å². The highest BCUT2D eigenvalue weighted by atomic mass is 79.9. The number of carboxylic acids is 1. The van der Waals surface area contributed by atoms with Gasteiger partial charge in [0, 0.05) is 17.2 Å². The summed E-state index contributed by atoms with van der Waals surface area (Å²) in [6, 6.07) is 8.81. The van der Waals surface area contributed by atoms with Crippen molar-refractivity contribution < 1.29 is 24.2 Å². The van der Waals surface area contributed by atoms with Crippen LogP contribution in [0.5, 0.6) is 5.75 Å². The standard InChI is InChI=1S/C21H22Br2N2O5/c1-11(2)20(28)25-15-5-12(3)4-13(6-15)10-30-19-16(22)7-14(8-17(19)23)21(29)24-9-18(26)27/h4-8,11H,9-10H2,1-3H3,(H,24,29)(H,25,28)(H,26,27). The first kappa shape index (κ1) is 23.9. The number of carboxylic acid groups (broad SMARTS) is 1. The Bertz CT molecular complexity index is 953. The number of rotatable bonds is 8. The summed E-state index contributed by atoms with van der Waals surface area (Å²) in [6.45, 7) is 5.37. The molecule has 0 aliphatic carbocycles. The maximum absolute atomic E-state index is 12.1. The fourth-order valence-corrected chi connectivity index (χ4v) is 3.96. The number of benzene rings is 2. The van der Waals surface area contributed by atoms with Crippen molar-refractivity contribution in [1.82, 2.24) is 5.32 Å². The Morgan fingerprint density at radius 1 is 1.07 bits per heavy atom. The Balaban J connectivity index is 2.14. The highest BCUT2D eigenvalue weighted by molar-refractivity contribution is 9.11. The fraction of sp³-hybridized carbons (Fsp3) is 0.286. The molecule has 0 aliphatic rings. The van der Waals surface area contributed by atoms with E-state index < -0.39 is 18.4 Å². The number of carbonyl (C=O) groups excluding carboxylic acids is 2. The van der Waals surface area contributed by atoms with Gasteiger partial charge < -0.3 is 20.5 Å². The average molecular weight is 542 g/mol. The first-order chi connectivity index (χ1) is 14.1. The van der Waals surface area contributed by atoms with Crippen molar-refractivity contribution in [3.8, 4) is 5.75 Å². The third-order valence-electron chi connectivity index (χ3n) is 3.97. The molecule has 0 radical (unpaired) electrons. The maximum atomic E-state index is 12.1. The molecule has 160 valence electrons. The van der Waals surface area contributed by atoms with Gasteiger partial charge >= 0.3 is 5.97 Å². The first-order valence-electron chi connectivity index (χ1n) is 9.10. The molecule has 0 heterocycles. The molecule has 30 heavy (non-hydrogen) atoms. The maximum Gasteiger partial charge on any atom is 0.322 e. The zero-order valence-electron chi connectivity index (χ0n) is 16.7. The van der Waals surface area contributed by atoms with E-state index in [-0.39, 0.29) is 24.0 Å². The molecule has 0 bridgehead atoms. The molecule has 3 N–H and O–H groups in total. The Hall–Kier alpha value is -2.39. The number of hydrogen-bond donors (Lipinski definition) is 3. The van der Waals surface area contributed by atoms with Gasteiger partial charge in [0.2, 0.25) is 5.91 Å². The van der Waals surface area contributed by atoms with E-state index in [1.165, 1.54) is 0 Å². The molecule has 0 aliphatic heterocycles. The van der Waals surface area contributed by atoms with Crippen LogP contribution in [0.4, 0.5) is 5.69 Å². The van der Waals surface area contributed by atoms with Crippen molar-refractivity contribution in [3.63, 3.8) is 0 Å². The number of halogens is 2. The lowest BCUT2D eigenvalue weighted by Gasteiger charge is -2.14. The molecular formula is C21H22Br2N2O5. The van der Waals surface area contributed by atoms with Crippen molar-refractivity contribution in [2.75, 3.05) is 11.9 Å². The van der Waals surface area contributed by atoms with Crippen LogP contribution < -0.4 is 15.4 Å². The summed E-state index contributed by atoms with van der Waals surface area (Å²) in [4.78, 5) is 34.6. The molecule has 0 spiro atoms. The minimum absolute atomic E-state index is 0.0604. The second-order valence-corrected chi connectivity index (χ2v) is 8.69. The van der Waals surface area contributed by atoms with Gasteiger partial charge in [0.15, 0.2) is 0 Å². The molecule has 0 saturated heterocycles. The minimum atomic E-state index is -1.12. The fourth-order valence-electron chi connectivity index (χ4n) is 2.55. The highest BCUT2D eigenvalue weighted by Gasteiger charge is 2.15. The summed E-state index contributed by atoms with van der Waals surface area (Å²) in [5.74, 6) is -1.31. The lowest BCUT2D eigenvalue weighted by atomic mass is 10.1. The van der Waals surface area contributed by atoms with Gasteiger partial charge in [-0.05, 0) is 74.2 Å². The molecule has 2 aromatic carbocycles. The number of aliphatic carboxylic acids is 1. The van der Waals surface area contributed by atoms with E-state index in [0.29, 0.717) is 20.4 Å². The second-order valence-electron chi connectivity index (χ2n) is 6.99. The molecule has 2 rings (SSSR count). The minimum Gasteiger partial charge on any atom is -0.487 e. The second kappa shape index (κ2) is 10.6. The lowest BCUT2D eigenvalue weighted by Crippen LogP contribution is -2.29. The predicted octanol–water partition coefficient (Wildman–Crippen LogP) is 4.51. The number of carbonyl (C=O) groups is 3. The van der Waals surface area contributed by atoms with E-state index in [1.54, 1.807) is 12.1 Å². The van der Waals surface area contributed by atoms with Crippen molar-refractivity contribution >= 4 is 55.3 Å². The lowest BCUT2D eigenvalue weighted by molar-refractivity contribution is -0.135. The monoisotopic (exact) mass is 540 g/mol. The third-order valence-corrected chi connectivity index (χ3v) is 5.15. The van der Waals surface area contributed by atoms with Gasteiger partial charge in [0.05, 0.1) is 8.95 Å². The van der Waals surface area contributed by atoms with Crippen LogP contribution in [0.1, 0.15) is 35.3 Å². The van der Waals surface area contributed by atoms with E-state index in [1.807, 2.05) is 39.0 Å². The number of anilines is 1. The zero-order chi connectivity index (χ0) is 22.4. The number of hydrogen-bond acceptors (Lipinski definition) is 4. The molecule has 7 nitrogen and oxygen atoms in total. The molecule has 9 heteroatoms. The average Bonchev–Trinajstić information content (AvgIpc) is 2.64. The molecule has 0 aromatic heterocycles.